The molecule has 1 aliphatic rings. The molecule has 5 rings (SSSR count). The van der Waals surface area contributed by atoms with Gasteiger partial charge >= 0.3 is 0 Å². The van der Waals surface area contributed by atoms with E-state index in [-0.39, 0.29) is 24.2 Å². The second-order valence-corrected chi connectivity index (χ2v) is 8.46. The van der Waals surface area contributed by atoms with Gasteiger partial charge in [-0.25, -0.2) is 14.4 Å². The van der Waals surface area contributed by atoms with E-state index >= 15 is 0 Å². The first-order valence-electron chi connectivity index (χ1n) is 11.1. The monoisotopic (exact) mass is 457 g/mol. The summed E-state index contributed by atoms with van der Waals surface area (Å²) < 4.78 is 21.2. The van der Waals surface area contributed by atoms with Crippen LogP contribution in [0.4, 0.5) is 10.2 Å². The van der Waals surface area contributed by atoms with Crippen molar-refractivity contribution >= 4 is 11.7 Å². The van der Waals surface area contributed by atoms with Crippen LogP contribution in [0.3, 0.4) is 0 Å². The quantitative estimate of drug-likeness (QED) is 0.466. The lowest BCUT2D eigenvalue weighted by Gasteiger charge is -2.24. The van der Waals surface area contributed by atoms with Gasteiger partial charge in [-0.1, -0.05) is 30.3 Å². The Labute approximate surface area is 196 Å². The fourth-order valence-corrected chi connectivity index (χ4v) is 4.35. The van der Waals surface area contributed by atoms with Crippen LogP contribution >= 0.6 is 0 Å². The van der Waals surface area contributed by atoms with Gasteiger partial charge in [0.25, 0.3) is 5.95 Å². The topological polar surface area (TPSA) is 81.9 Å². The van der Waals surface area contributed by atoms with Crippen molar-refractivity contribution < 1.29 is 13.9 Å². The van der Waals surface area contributed by atoms with E-state index in [1.54, 1.807) is 22.9 Å². The molecule has 0 fully saturated rings. The zero-order valence-corrected chi connectivity index (χ0v) is 19.2. The Bertz CT molecular complexity index is 1360. The average molecular weight is 458 g/mol. The highest BCUT2D eigenvalue weighted by Crippen LogP contribution is 2.40. The standard InChI is InChI=1S/C26H24FN5O2/c1-15-12-16(2)29-26(28-15)32-25-24(17(3)31-32)21(13-23(33)30-25)18-8-10-20(11-9-18)34-14-19-6-4-5-7-22(19)27/h4-12,21H,13-14H2,1-3H3,(H,30,33). The summed E-state index contributed by atoms with van der Waals surface area (Å²) in [6, 6.07) is 16.0. The Morgan fingerprint density at radius 1 is 1.06 bits per heavy atom. The van der Waals surface area contributed by atoms with Crippen molar-refractivity contribution in [2.24, 2.45) is 0 Å². The van der Waals surface area contributed by atoms with Gasteiger partial charge in [-0.05, 0) is 50.6 Å². The third kappa shape index (κ3) is 4.14. The number of halogens is 1. The molecule has 172 valence electrons. The van der Waals surface area contributed by atoms with E-state index in [4.69, 9.17) is 4.74 Å². The van der Waals surface area contributed by atoms with Crippen LogP contribution in [0.2, 0.25) is 0 Å². The van der Waals surface area contributed by atoms with E-state index < -0.39 is 0 Å². The number of carbonyl (C=O) groups excluding carboxylic acids is 1. The second-order valence-electron chi connectivity index (χ2n) is 8.46. The molecule has 1 unspecified atom stereocenters. The van der Waals surface area contributed by atoms with Crippen LogP contribution in [-0.4, -0.2) is 25.7 Å². The van der Waals surface area contributed by atoms with E-state index in [2.05, 4.69) is 20.4 Å². The molecule has 34 heavy (non-hydrogen) atoms. The molecular weight excluding hydrogens is 433 g/mol. The maximum absolute atomic E-state index is 13.8. The molecule has 0 saturated carbocycles. The number of hydrogen-bond acceptors (Lipinski definition) is 5. The fourth-order valence-electron chi connectivity index (χ4n) is 4.35. The summed E-state index contributed by atoms with van der Waals surface area (Å²) in [6.07, 6.45) is 0.308. The molecule has 3 heterocycles. The van der Waals surface area contributed by atoms with Crippen LogP contribution in [0.1, 0.15) is 46.1 Å². The smallest absolute Gasteiger partial charge is 0.252 e. The summed E-state index contributed by atoms with van der Waals surface area (Å²) in [5.41, 5.74) is 4.88. The predicted molar refractivity (Wildman–Crippen MR) is 126 cm³/mol. The van der Waals surface area contributed by atoms with Gasteiger partial charge in [0.2, 0.25) is 5.91 Å². The number of ether oxygens (including phenoxy) is 1. The van der Waals surface area contributed by atoms with Crippen LogP contribution < -0.4 is 10.1 Å². The lowest BCUT2D eigenvalue weighted by molar-refractivity contribution is -0.116. The number of amides is 1. The zero-order valence-electron chi connectivity index (χ0n) is 19.2. The molecule has 1 atom stereocenters. The van der Waals surface area contributed by atoms with Gasteiger partial charge in [0.15, 0.2) is 0 Å². The molecule has 1 amide bonds. The van der Waals surface area contributed by atoms with Gasteiger partial charge in [0, 0.05) is 34.9 Å². The van der Waals surface area contributed by atoms with Gasteiger partial charge in [-0.3, -0.25) is 4.79 Å². The number of nitrogens with zero attached hydrogens (tertiary/aromatic N) is 4. The van der Waals surface area contributed by atoms with E-state index in [0.717, 1.165) is 28.2 Å². The number of benzene rings is 2. The van der Waals surface area contributed by atoms with Crippen molar-refractivity contribution in [2.45, 2.75) is 39.7 Å². The number of rotatable bonds is 5. The second kappa shape index (κ2) is 8.70. The highest BCUT2D eigenvalue weighted by Gasteiger charge is 2.33. The minimum Gasteiger partial charge on any atom is -0.489 e. The minimum absolute atomic E-state index is 0.0945. The van der Waals surface area contributed by atoms with Crippen molar-refractivity contribution in [3.8, 4) is 11.7 Å². The first-order chi connectivity index (χ1) is 16.4. The van der Waals surface area contributed by atoms with Crippen molar-refractivity contribution in [2.75, 3.05) is 5.32 Å². The third-order valence-corrected chi connectivity index (χ3v) is 5.90. The van der Waals surface area contributed by atoms with Gasteiger partial charge in [-0.2, -0.15) is 9.78 Å². The normalized spacial score (nSPS) is 15.1. The van der Waals surface area contributed by atoms with E-state index in [1.165, 1.54) is 6.07 Å². The predicted octanol–water partition coefficient (Wildman–Crippen LogP) is 4.78. The molecular formula is C26H24FN5O2. The number of nitrogens with one attached hydrogen (secondary N) is 1. The van der Waals surface area contributed by atoms with Crippen LogP contribution in [0.15, 0.2) is 54.6 Å². The molecule has 4 aromatic rings. The van der Waals surface area contributed by atoms with Crippen LogP contribution in [0, 0.1) is 26.6 Å². The number of carbonyl (C=O) groups is 1. The zero-order chi connectivity index (χ0) is 23.8. The SMILES string of the molecule is Cc1cc(C)nc(-n2nc(C)c3c2NC(=O)CC3c2ccc(OCc3ccccc3F)cc2)n1. The Kier molecular flexibility index (Phi) is 5.57. The minimum atomic E-state index is -0.292. The van der Waals surface area contributed by atoms with E-state index in [1.807, 2.05) is 51.1 Å². The molecule has 1 aliphatic heterocycles. The van der Waals surface area contributed by atoms with Gasteiger partial charge in [0.05, 0.1) is 5.69 Å². The molecule has 1 N–H and O–H groups in total. The van der Waals surface area contributed by atoms with Crippen LogP contribution in [-0.2, 0) is 11.4 Å². The molecule has 2 aromatic heterocycles. The summed E-state index contributed by atoms with van der Waals surface area (Å²) in [5, 5.41) is 7.62. The lowest BCUT2D eigenvalue weighted by Crippen LogP contribution is -2.25. The Balaban J connectivity index is 1.44. The van der Waals surface area contributed by atoms with Crippen molar-refractivity contribution in [1.29, 1.82) is 0 Å². The number of fused-ring (bicyclic) bond motifs is 1. The van der Waals surface area contributed by atoms with E-state index in [9.17, 15) is 9.18 Å². The molecule has 2 aromatic carbocycles. The molecule has 8 heteroatoms. The number of aryl methyl sites for hydroxylation is 3. The van der Waals surface area contributed by atoms with Gasteiger partial charge in [-0.15, -0.1) is 0 Å². The molecule has 0 radical (unpaired) electrons. The van der Waals surface area contributed by atoms with Crippen molar-refractivity contribution in [1.82, 2.24) is 19.7 Å². The number of aromatic nitrogens is 4. The Morgan fingerprint density at radius 3 is 2.47 bits per heavy atom. The summed E-state index contributed by atoms with van der Waals surface area (Å²) in [6.45, 7) is 5.87. The summed E-state index contributed by atoms with van der Waals surface area (Å²) >= 11 is 0. The maximum Gasteiger partial charge on any atom is 0.252 e. The number of hydrogen-bond donors (Lipinski definition) is 1. The summed E-state index contributed by atoms with van der Waals surface area (Å²) in [4.78, 5) is 21.7. The van der Waals surface area contributed by atoms with Crippen LogP contribution in [0.5, 0.6) is 5.75 Å². The molecule has 0 bridgehead atoms. The first-order valence-corrected chi connectivity index (χ1v) is 11.1. The van der Waals surface area contributed by atoms with Crippen molar-refractivity contribution in [3.05, 3.63) is 94.2 Å². The van der Waals surface area contributed by atoms with Gasteiger partial charge < -0.3 is 10.1 Å². The first kappa shape index (κ1) is 21.8. The molecule has 0 aliphatic carbocycles. The molecule has 0 saturated heterocycles. The highest BCUT2D eigenvalue weighted by atomic mass is 19.1. The average Bonchev–Trinajstić information content (AvgIpc) is 3.14. The summed E-state index contributed by atoms with van der Waals surface area (Å²) in [7, 11) is 0. The third-order valence-electron chi connectivity index (χ3n) is 5.90. The highest BCUT2D eigenvalue weighted by molar-refractivity contribution is 5.95. The molecule has 7 nitrogen and oxygen atoms in total. The Hall–Kier alpha value is -4.07. The van der Waals surface area contributed by atoms with Crippen LogP contribution in [0.25, 0.3) is 5.95 Å². The van der Waals surface area contributed by atoms with Gasteiger partial charge in [0.1, 0.15) is 24.0 Å². The Morgan fingerprint density at radius 2 is 1.76 bits per heavy atom. The lowest BCUT2D eigenvalue weighted by atomic mass is 9.86. The number of anilines is 1. The fraction of sp³-hybridized carbons (Fsp3) is 0.231. The largest absolute Gasteiger partial charge is 0.489 e. The summed E-state index contributed by atoms with van der Waals surface area (Å²) in [5.74, 6) is 1.11. The molecule has 0 spiro atoms. The van der Waals surface area contributed by atoms with E-state index in [0.29, 0.717) is 29.5 Å². The van der Waals surface area contributed by atoms with Crippen molar-refractivity contribution in [3.63, 3.8) is 0 Å². The maximum atomic E-state index is 13.8.